The van der Waals surface area contributed by atoms with Gasteiger partial charge in [0.15, 0.2) is 0 Å². The zero-order valence-corrected chi connectivity index (χ0v) is 18.5. The van der Waals surface area contributed by atoms with E-state index in [0.717, 1.165) is 18.4 Å². The monoisotopic (exact) mass is 488 g/mol. The number of rotatable bonds is 8. The van der Waals surface area contributed by atoms with Crippen LogP contribution in [0.25, 0.3) is 0 Å². The Labute approximate surface area is 184 Å². The summed E-state index contributed by atoms with van der Waals surface area (Å²) in [5, 5.41) is 2.95. The van der Waals surface area contributed by atoms with E-state index in [2.05, 4.69) is 21.2 Å². The zero-order chi connectivity index (χ0) is 21.1. The van der Waals surface area contributed by atoms with Gasteiger partial charge in [-0.3, -0.25) is 4.79 Å². The van der Waals surface area contributed by atoms with Crippen LogP contribution in [0, 0.1) is 0 Å². The lowest BCUT2D eigenvalue weighted by Gasteiger charge is -2.22. The third kappa shape index (κ3) is 5.00. The lowest BCUT2D eigenvalue weighted by atomic mass is 10.1. The molecule has 0 unspecified atom stereocenters. The van der Waals surface area contributed by atoms with Crippen molar-refractivity contribution in [2.24, 2.45) is 0 Å². The average Bonchev–Trinajstić information content (AvgIpc) is 3.39. The van der Waals surface area contributed by atoms with E-state index in [-0.39, 0.29) is 29.9 Å². The maximum atomic E-state index is 13.3. The normalized spacial score (nSPS) is 14.1. The fourth-order valence-corrected chi connectivity index (χ4v) is 5.03. The molecule has 4 rings (SSSR count). The Kier molecular flexibility index (Phi) is 6.08. The summed E-state index contributed by atoms with van der Waals surface area (Å²) in [5.41, 5.74) is 1.35. The molecule has 0 aliphatic heterocycles. The van der Waals surface area contributed by atoms with Crippen molar-refractivity contribution in [3.05, 3.63) is 88.3 Å². The summed E-state index contributed by atoms with van der Waals surface area (Å²) in [7, 11) is -3.77. The summed E-state index contributed by atoms with van der Waals surface area (Å²) in [6.45, 7) is 0.256. The number of nitrogens with one attached hydrogen (secondary N) is 1. The smallest absolute Gasteiger partial charge is 0.251 e. The molecule has 0 radical (unpaired) electrons. The predicted molar refractivity (Wildman–Crippen MR) is 116 cm³/mol. The highest BCUT2D eigenvalue weighted by molar-refractivity contribution is 9.10. The molecule has 0 atom stereocenters. The topological polar surface area (TPSA) is 79.6 Å². The predicted octanol–water partition coefficient (Wildman–Crippen LogP) is 4.33. The number of carbonyl (C=O) groups excluding carboxylic acids is 1. The van der Waals surface area contributed by atoms with E-state index in [9.17, 15) is 13.2 Å². The first-order chi connectivity index (χ1) is 14.4. The summed E-state index contributed by atoms with van der Waals surface area (Å²) in [6, 6.07) is 17.4. The molecule has 3 aromatic rings. The lowest BCUT2D eigenvalue weighted by Crippen LogP contribution is -2.30. The van der Waals surface area contributed by atoms with Crippen LogP contribution in [0.5, 0.6) is 0 Å². The van der Waals surface area contributed by atoms with Gasteiger partial charge in [0.2, 0.25) is 10.0 Å². The Morgan fingerprint density at radius 2 is 1.83 bits per heavy atom. The minimum absolute atomic E-state index is 0.0988. The van der Waals surface area contributed by atoms with Gasteiger partial charge in [-0.15, -0.1) is 0 Å². The molecular formula is C22H21BrN2O4S. The molecule has 1 aliphatic rings. The van der Waals surface area contributed by atoms with Crippen LogP contribution in [0.1, 0.15) is 34.5 Å². The van der Waals surface area contributed by atoms with Gasteiger partial charge in [-0.2, -0.15) is 4.31 Å². The molecular weight excluding hydrogens is 468 g/mol. The molecule has 8 heteroatoms. The van der Waals surface area contributed by atoms with Gasteiger partial charge >= 0.3 is 0 Å². The van der Waals surface area contributed by atoms with Crippen LogP contribution in [0.3, 0.4) is 0 Å². The van der Waals surface area contributed by atoms with E-state index >= 15 is 0 Å². The minimum Gasteiger partial charge on any atom is -0.468 e. The van der Waals surface area contributed by atoms with E-state index in [4.69, 9.17) is 4.42 Å². The van der Waals surface area contributed by atoms with E-state index in [1.54, 1.807) is 60.7 Å². The summed E-state index contributed by atoms with van der Waals surface area (Å²) in [6.07, 6.45) is 3.57. The van der Waals surface area contributed by atoms with E-state index in [1.165, 1.54) is 10.6 Å². The van der Waals surface area contributed by atoms with Crippen LogP contribution in [0.15, 0.2) is 80.7 Å². The fourth-order valence-electron chi connectivity index (χ4n) is 3.04. The number of sulfonamides is 1. The molecule has 1 saturated carbocycles. The Morgan fingerprint density at radius 1 is 1.07 bits per heavy atom. The zero-order valence-electron chi connectivity index (χ0n) is 16.1. The number of benzene rings is 2. The summed E-state index contributed by atoms with van der Waals surface area (Å²) < 4.78 is 34.1. The fraction of sp³-hybridized carbons (Fsp3) is 0.227. The molecule has 2 aromatic carbocycles. The van der Waals surface area contributed by atoms with Crippen molar-refractivity contribution in [2.75, 3.05) is 0 Å². The van der Waals surface area contributed by atoms with Crippen molar-refractivity contribution in [1.82, 2.24) is 9.62 Å². The molecule has 6 nitrogen and oxygen atoms in total. The van der Waals surface area contributed by atoms with Crippen LogP contribution in [0.2, 0.25) is 0 Å². The number of nitrogens with zero attached hydrogens (tertiary/aromatic N) is 1. The highest BCUT2D eigenvalue weighted by atomic mass is 79.9. The maximum Gasteiger partial charge on any atom is 0.251 e. The molecule has 1 aromatic heterocycles. The second-order valence-electron chi connectivity index (χ2n) is 7.25. The minimum atomic E-state index is -3.77. The number of hydrogen-bond acceptors (Lipinski definition) is 4. The van der Waals surface area contributed by atoms with Crippen molar-refractivity contribution >= 4 is 31.9 Å². The maximum absolute atomic E-state index is 13.3. The van der Waals surface area contributed by atoms with Crippen molar-refractivity contribution in [1.29, 1.82) is 0 Å². The molecule has 1 heterocycles. The second-order valence-corrected chi connectivity index (χ2v) is 10.1. The Hall–Kier alpha value is -2.42. The lowest BCUT2D eigenvalue weighted by molar-refractivity contribution is 0.0951. The largest absolute Gasteiger partial charge is 0.468 e. The van der Waals surface area contributed by atoms with Gasteiger partial charge in [-0.05, 0) is 60.9 Å². The van der Waals surface area contributed by atoms with Gasteiger partial charge in [-0.1, -0.05) is 34.1 Å². The summed E-state index contributed by atoms with van der Waals surface area (Å²) in [5.74, 6) is 0.451. The molecule has 1 aliphatic carbocycles. The third-order valence-electron chi connectivity index (χ3n) is 4.83. The van der Waals surface area contributed by atoms with E-state index in [0.29, 0.717) is 15.8 Å². The number of halogens is 1. The van der Waals surface area contributed by atoms with Gasteiger partial charge < -0.3 is 9.73 Å². The first-order valence-corrected chi connectivity index (χ1v) is 11.8. The van der Waals surface area contributed by atoms with Crippen LogP contribution in [-0.2, 0) is 23.1 Å². The summed E-state index contributed by atoms with van der Waals surface area (Å²) in [4.78, 5) is 12.4. The highest BCUT2D eigenvalue weighted by Gasteiger charge is 2.27. The number of furan rings is 1. The van der Waals surface area contributed by atoms with Crippen molar-refractivity contribution in [3.8, 4) is 0 Å². The summed E-state index contributed by atoms with van der Waals surface area (Å²) >= 11 is 3.33. The van der Waals surface area contributed by atoms with Crippen LogP contribution >= 0.6 is 15.9 Å². The number of amides is 1. The second kappa shape index (κ2) is 8.75. The van der Waals surface area contributed by atoms with Crippen LogP contribution in [0.4, 0.5) is 0 Å². The molecule has 0 saturated heterocycles. The molecule has 30 heavy (non-hydrogen) atoms. The van der Waals surface area contributed by atoms with Gasteiger partial charge in [0.1, 0.15) is 5.76 Å². The van der Waals surface area contributed by atoms with Crippen molar-refractivity contribution in [3.63, 3.8) is 0 Å². The SMILES string of the molecule is O=C(NC1CC1)c1ccc(CN(Cc2ccco2)S(=O)(=O)c2cccc(Br)c2)cc1. The Bertz CT molecular complexity index is 1120. The van der Waals surface area contributed by atoms with Gasteiger partial charge in [0.05, 0.1) is 17.7 Å². The molecule has 0 bridgehead atoms. The molecule has 156 valence electrons. The van der Waals surface area contributed by atoms with Gasteiger partial charge in [0.25, 0.3) is 5.91 Å². The third-order valence-corrected chi connectivity index (χ3v) is 7.11. The molecule has 0 spiro atoms. The molecule has 1 amide bonds. The molecule has 1 N–H and O–H groups in total. The number of hydrogen-bond donors (Lipinski definition) is 1. The quantitative estimate of drug-likeness (QED) is 0.511. The van der Waals surface area contributed by atoms with Crippen molar-refractivity contribution < 1.29 is 17.6 Å². The van der Waals surface area contributed by atoms with Gasteiger partial charge in [-0.25, -0.2) is 8.42 Å². The van der Waals surface area contributed by atoms with E-state index < -0.39 is 10.0 Å². The van der Waals surface area contributed by atoms with Crippen molar-refractivity contribution in [2.45, 2.75) is 36.9 Å². The number of carbonyl (C=O) groups is 1. The first kappa shape index (κ1) is 20.8. The standard InChI is InChI=1S/C22H21BrN2O4S/c23-18-3-1-5-21(13-18)30(27,28)25(15-20-4-2-12-29-20)14-16-6-8-17(9-7-16)22(26)24-19-10-11-19/h1-9,12-13,19H,10-11,14-15H2,(H,24,26). The highest BCUT2D eigenvalue weighted by Crippen LogP contribution is 2.24. The van der Waals surface area contributed by atoms with Crippen LogP contribution < -0.4 is 5.32 Å². The van der Waals surface area contributed by atoms with E-state index in [1.807, 2.05) is 0 Å². The average molecular weight is 489 g/mol. The van der Waals surface area contributed by atoms with Crippen LogP contribution in [-0.4, -0.2) is 24.7 Å². The Balaban J connectivity index is 1.57. The van der Waals surface area contributed by atoms with Gasteiger partial charge in [0, 0.05) is 22.6 Å². The first-order valence-electron chi connectivity index (χ1n) is 9.60. The molecule has 1 fully saturated rings. The Morgan fingerprint density at radius 3 is 2.47 bits per heavy atom.